The first-order valence-electron chi connectivity index (χ1n) is 20.6. The molecular formula is C51H58Cl2Zr. The first kappa shape index (κ1) is 38.8. The molecule has 1 unspecified atom stereocenters. The fourth-order valence-electron chi connectivity index (χ4n) is 13.3. The van der Waals surface area contributed by atoms with Crippen LogP contribution in [0.1, 0.15) is 143 Å². The van der Waals surface area contributed by atoms with Gasteiger partial charge >= 0.3 is 324 Å². The summed E-state index contributed by atoms with van der Waals surface area (Å²) in [5.74, 6) is 4.26. The Bertz CT molecular complexity index is 2150. The second kappa shape index (κ2) is 13.0. The maximum atomic E-state index is 2.88. The van der Waals surface area contributed by atoms with Crippen LogP contribution in [0.15, 0.2) is 81.7 Å². The minimum absolute atomic E-state index is 0. The number of benzene rings is 3. The minimum Gasteiger partial charge on any atom is -1.00 e. The van der Waals surface area contributed by atoms with Crippen molar-refractivity contribution in [1.29, 1.82) is 0 Å². The van der Waals surface area contributed by atoms with Crippen LogP contribution in [0.25, 0.3) is 22.3 Å². The predicted molar refractivity (Wildman–Crippen MR) is 219 cm³/mol. The molecule has 0 aliphatic heterocycles. The quantitative estimate of drug-likeness (QED) is 0.260. The molecule has 0 radical (unpaired) electrons. The van der Waals surface area contributed by atoms with E-state index < -0.39 is 21.3 Å². The third-order valence-corrected chi connectivity index (χ3v) is 24.5. The second-order valence-electron chi connectivity index (χ2n) is 20.0. The zero-order chi connectivity index (χ0) is 36.2. The summed E-state index contributed by atoms with van der Waals surface area (Å²) in [5, 5.41) is 0. The van der Waals surface area contributed by atoms with Crippen molar-refractivity contribution in [2.75, 3.05) is 0 Å². The van der Waals surface area contributed by atoms with E-state index in [1.54, 1.807) is 19.9 Å². The van der Waals surface area contributed by atoms with Crippen LogP contribution in [-0.2, 0) is 32.1 Å². The molecule has 280 valence electrons. The van der Waals surface area contributed by atoms with Gasteiger partial charge in [-0.05, 0) is 0 Å². The van der Waals surface area contributed by atoms with Gasteiger partial charge in [0.15, 0.2) is 0 Å². The molecule has 0 aromatic heterocycles. The monoisotopic (exact) mass is 830 g/mol. The van der Waals surface area contributed by atoms with Crippen molar-refractivity contribution in [2.24, 2.45) is 35.0 Å². The van der Waals surface area contributed by atoms with Gasteiger partial charge in [-0.2, -0.15) is 0 Å². The summed E-state index contributed by atoms with van der Waals surface area (Å²) >= 11 is -2.73. The second-order valence-corrected chi connectivity index (χ2v) is 26.7. The average molecular weight is 833 g/mol. The van der Waals surface area contributed by atoms with Crippen LogP contribution in [-0.4, -0.2) is 3.21 Å². The summed E-state index contributed by atoms with van der Waals surface area (Å²) < 4.78 is 4.03. The summed E-state index contributed by atoms with van der Waals surface area (Å²) in [6, 6.07) is 20.3. The van der Waals surface area contributed by atoms with E-state index in [0.717, 1.165) is 23.7 Å². The smallest absolute Gasteiger partial charge is 1.00 e. The first-order valence-corrected chi connectivity index (χ1v) is 24.5. The van der Waals surface area contributed by atoms with E-state index in [9.17, 15) is 0 Å². The number of aryl methyl sites for hydroxylation is 1. The molecule has 0 heterocycles. The Labute approximate surface area is 346 Å². The Kier molecular flexibility index (Phi) is 9.33. The van der Waals surface area contributed by atoms with Gasteiger partial charge < -0.3 is 24.8 Å². The molecule has 0 nitrogen and oxygen atoms in total. The molecule has 54 heavy (non-hydrogen) atoms. The van der Waals surface area contributed by atoms with Gasteiger partial charge in [0.05, 0.1) is 0 Å². The molecule has 8 aliphatic carbocycles. The van der Waals surface area contributed by atoms with Gasteiger partial charge in [0.1, 0.15) is 0 Å². The SMILES string of the molecule is CC1=CC(C)(C)c2cc3c(cc21)-c1cc2c(cc1[CH]3/[Zr+2]([C]1=CC(C3(C)C4CC5CC(C4)CC3C5)=CC1C)=[C](\C)c1ccc(C)cc1)C(C)(C)C=C2C.[Cl-].[Cl-]. The van der Waals surface area contributed by atoms with Crippen molar-refractivity contribution in [3.05, 3.63) is 126 Å². The third kappa shape index (κ3) is 5.47. The Morgan fingerprint density at radius 1 is 0.648 bits per heavy atom. The van der Waals surface area contributed by atoms with Gasteiger partial charge in [-0.1, -0.05) is 0 Å². The van der Waals surface area contributed by atoms with Crippen molar-refractivity contribution < 1.29 is 46.1 Å². The minimum atomic E-state index is -2.73. The summed E-state index contributed by atoms with van der Waals surface area (Å²) in [5.41, 5.74) is 20.2. The van der Waals surface area contributed by atoms with E-state index in [1.165, 1.54) is 87.8 Å². The van der Waals surface area contributed by atoms with Crippen LogP contribution in [0.2, 0.25) is 0 Å². The van der Waals surface area contributed by atoms with Crippen LogP contribution in [0, 0.1) is 41.9 Å². The van der Waals surface area contributed by atoms with E-state index in [1.807, 2.05) is 3.28 Å². The largest absolute Gasteiger partial charge is 1.00 e. The van der Waals surface area contributed by atoms with E-state index in [4.69, 9.17) is 0 Å². The molecule has 4 bridgehead atoms. The fraction of sp³-hybridized carbons (Fsp3) is 0.471. The fourth-order valence-corrected chi connectivity index (χ4v) is 22.3. The number of fused-ring (bicyclic) bond motifs is 5. The molecule has 3 aromatic carbocycles. The molecule has 3 heteroatoms. The molecule has 4 fully saturated rings. The van der Waals surface area contributed by atoms with E-state index in [-0.39, 0.29) is 35.6 Å². The summed E-state index contributed by atoms with van der Waals surface area (Å²) in [7, 11) is 0. The Morgan fingerprint density at radius 3 is 1.61 bits per heavy atom. The Morgan fingerprint density at radius 2 is 1.13 bits per heavy atom. The molecule has 11 rings (SSSR count). The molecule has 0 amide bonds. The van der Waals surface area contributed by atoms with Crippen molar-refractivity contribution >= 4 is 14.4 Å². The standard InChI is InChI=1S/C25H25.C17H23.C9H10.2ClH.Zr/c1-14-12-24(3,4)22-8-16-7-17-9-23-19(15(2)13-25(23,5)6)11-21(17)20(16)10-18(14)22;1-11-3-4-14(5-11)17(2)15-7-12-6-13(9-15)10-16(17)8-12;1-3-9-6-4-8(2)5-7-9;;;/h7-13H,1-6H3;4-5,11-13,15-16H,6-10H2,1-2H3;4-7H,1-2H3;2*1H;/q;;;;;+2/p-2. The zero-order valence-corrected chi connectivity index (χ0v) is 38.2. The molecule has 3 aromatic rings. The van der Waals surface area contributed by atoms with Crippen LogP contribution < -0.4 is 24.8 Å². The number of allylic oxidation sites excluding steroid dienone is 8. The van der Waals surface area contributed by atoms with Crippen molar-refractivity contribution in [2.45, 2.75) is 116 Å². The van der Waals surface area contributed by atoms with Crippen LogP contribution in [0.4, 0.5) is 0 Å². The predicted octanol–water partition coefficient (Wildman–Crippen LogP) is 7.24. The summed E-state index contributed by atoms with van der Waals surface area (Å²) in [6.45, 7) is 24.5. The van der Waals surface area contributed by atoms with E-state index in [0.29, 0.717) is 15.0 Å². The summed E-state index contributed by atoms with van der Waals surface area (Å²) in [4.78, 5) is 0. The molecular weight excluding hydrogens is 775 g/mol. The topological polar surface area (TPSA) is 0 Å². The molecule has 0 saturated heterocycles. The average Bonchev–Trinajstić information content (AvgIpc) is 3.76. The van der Waals surface area contributed by atoms with E-state index in [2.05, 4.69) is 142 Å². The van der Waals surface area contributed by atoms with Gasteiger partial charge in [-0.15, -0.1) is 0 Å². The van der Waals surface area contributed by atoms with Crippen molar-refractivity contribution in [1.82, 2.24) is 0 Å². The maximum absolute atomic E-state index is 2.88. The Balaban J connectivity index is 0.00000207. The summed E-state index contributed by atoms with van der Waals surface area (Å²) in [6.07, 6.45) is 18.2. The number of hydrogen-bond acceptors (Lipinski definition) is 0. The molecule has 4 saturated carbocycles. The van der Waals surface area contributed by atoms with Crippen LogP contribution in [0.3, 0.4) is 0 Å². The third-order valence-electron chi connectivity index (χ3n) is 15.9. The number of hydrogen-bond donors (Lipinski definition) is 0. The molecule has 0 spiro atoms. The number of halogens is 2. The van der Waals surface area contributed by atoms with Gasteiger partial charge in [0, 0.05) is 0 Å². The van der Waals surface area contributed by atoms with Crippen LogP contribution >= 0.6 is 0 Å². The van der Waals surface area contributed by atoms with Gasteiger partial charge in [-0.25, -0.2) is 0 Å². The van der Waals surface area contributed by atoms with Gasteiger partial charge in [0.2, 0.25) is 0 Å². The first-order chi connectivity index (χ1) is 24.6. The van der Waals surface area contributed by atoms with Crippen LogP contribution in [0.5, 0.6) is 0 Å². The number of rotatable bonds is 4. The van der Waals surface area contributed by atoms with Gasteiger partial charge in [-0.3, -0.25) is 0 Å². The van der Waals surface area contributed by atoms with Crippen molar-refractivity contribution in [3.63, 3.8) is 0 Å². The molecule has 8 aliphatic rings. The zero-order valence-electron chi connectivity index (χ0n) is 34.2. The molecule has 1 atom stereocenters. The van der Waals surface area contributed by atoms with Gasteiger partial charge in [0.25, 0.3) is 0 Å². The van der Waals surface area contributed by atoms with E-state index >= 15 is 0 Å². The van der Waals surface area contributed by atoms with Crippen molar-refractivity contribution in [3.8, 4) is 11.1 Å². The Hall–Kier alpha value is -2.05. The molecule has 0 N–H and O–H groups in total. The normalized spacial score (nSPS) is 30.3. The maximum Gasteiger partial charge on any atom is -1.00 e.